The first-order valence-electron chi connectivity index (χ1n) is 7.80. The molecule has 1 N–H and O–H groups in total. The minimum Gasteiger partial charge on any atom is -0.326 e. The van der Waals surface area contributed by atoms with Crippen LogP contribution in [0.3, 0.4) is 0 Å². The van der Waals surface area contributed by atoms with Crippen LogP contribution < -0.4 is 5.32 Å². The van der Waals surface area contributed by atoms with E-state index in [-0.39, 0.29) is 11.8 Å². The van der Waals surface area contributed by atoms with Gasteiger partial charge in [0, 0.05) is 24.2 Å². The van der Waals surface area contributed by atoms with Crippen LogP contribution in [0, 0.1) is 6.92 Å². The summed E-state index contributed by atoms with van der Waals surface area (Å²) in [6, 6.07) is 10.5. The molecule has 124 valence electrons. The zero-order valence-electron chi connectivity index (χ0n) is 13.3. The van der Waals surface area contributed by atoms with E-state index in [0.29, 0.717) is 30.2 Å². The standard InChI is InChI=1S/C18H18ClN3O2/c1-12-8-9-20-16(10-12)21-18(24)15-6-7-17(23)22(15)11-13-2-4-14(19)5-3-13/h2-5,8-10,15H,6-7,11H2,1H3,(H,20,21,24)/t15-/m0/s1. The van der Waals surface area contributed by atoms with Crippen molar-refractivity contribution >= 4 is 29.2 Å². The third-order valence-electron chi connectivity index (χ3n) is 4.06. The van der Waals surface area contributed by atoms with E-state index >= 15 is 0 Å². The van der Waals surface area contributed by atoms with Gasteiger partial charge in [-0.2, -0.15) is 0 Å². The van der Waals surface area contributed by atoms with Crippen LogP contribution in [-0.4, -0.2) is 27.7 Å². The van der Waals surface area contributed by atoms with E-state index in [1.807, 2.05) is 25.1 Å². The van der Waals surface area contributed by atoms with E-state index in [1.54, 1.807) is 29.3 Å². The number of rotatable bonds is 4. The Morgan fingerprint density at radius 1 is 1.33 bits per heavy atom. The molecular formula is C18H18ClN3O2. The van der Waals surface area contributed by atoms with E-state index in [4.69, 9.17) is 11.6 Å². The number of nitrogens with one attached hydrogen (secondary N) is 1. The molecule has 2 aromatic rings. The van der Waals surface area contributed by atoms with Gasteiger partial charge in [-0.3, -0.25) is 9.59 Å². The van der Waals surface area contributed by atoms with Crippen LogP contribution in [0.4, 0.5) is 5.82 Å². The summed E-state index contributed by atoms with van der Waals surface area (Å²) < 4.78 is 0. The summed E-state index contributed by atoms with van der Waals surface area (Å²) in [5.74, 6) is 0.293. The van der Waals surface area contributed by atoms with E-state index in [1.165, 1.54) is 0 Å². The molecule has 1 aliphatic heterocycles. The molecule has 24 heavy (non-hydrogen) atoms. The normalized spacial score (nSPS) is 17.2. The van der Waals surface area contributed by atoms with Crippen molar-refractivity contribution in [2.45, 2.75) is 32.4 Å². The molecule has 0 spiro atoms. The molecule has 0 saturated carbocycles. The van der Waals surface area contributed by atoms with Crippen molar-refractivity contribution in [3.05, 3.63) is 58.7 Å². The highest BCUT2D eigenvalue weighted by Crippen LogP contribution is 2.23. The predicted octanol–water partition coefficient (Wildman–Crippen LogP) is 3.17. The molecule has 1 aromatic carbocycles. The second-order valence-corrected chi connectivity index (χ2v) is 6.35. The van der Waals surface area contributed by atoms with Crippen LogP contribution in [0.25, 0.3) is 0 Å². The molecule has 1 atom stereocenters. The average Bonchev–Trinajstić information content (AvgIpc) is 2.91. The van der Waals surface area contributed by atoms with E-state index in [9.17, 15) is 9.59 Å². The van der Waals surface area contributed by atoms with Gasteiger partial charge >= 0.3 is 0 Å². The minimum absolute atomic E-state index is 0.0118. The topological polar surface area (TPSA) is 62.3 Å². The van der Waals surface area contributed by atoms with E-state index in [2.05, 4.69) is 10.3 Å². The van der Waals surface area contributed by atoms with Crippen molar-refractivity contribution in [3.8, 4) is 0 Å². The van der Waals surface area contributed by atoms with Crippen LogP contribution in [0.15, 0.2) is 42.6 Å². The molecule has 2 heterocycles. The van der Waals surface area contributed by atoms with Crippen molar-refractivity contribution in [1.29, 1.82) is 0 Å². The molecule has 1 saturated heterocycles. The number of nitrogens with zero attached hydrogens (tertiary/aromatic N) is 2. The Hall–Kier alpha value is -2.40. The fourth-order valence-electron chi connectivity index (χ4n) is 2.81. The van der Waals surface area contributed by atoms with Gasteiger partial charge in [0.2, 0.25) is 11.8 Å². The van der Waals surface area contributed by atoms with Crippen molar-refractivity contribution in [2.24, 2.45) is 0 Å². The lowest BCUT2D eigenvalue weighted by atomic mass is 10.1. The quantitative estimate of drug-likeness (QED) is 0.927. The lowest BCUT2D eigenvalue weighted by Gasteiger charge is -2.24. The molecule has 6 heteroatoms. The summed E-state index contributed by atoms with van der Waals surface area (Å²) in [6.45, 7) is 2.33. The fourth-order valence-corrected chi connectivity index (χ4v) is 2.93. The number of aromatic nitrogens is 1. The summed E-state index contributed by atoms with van der Waals surface area (Å²) in [6.07, 6.45) is 2.55. The molecule has 1 aromatic heterocycles. The van der Waals surface area contributed by atoms with Gasteiger partial charge in [0.15, 0.2) is 0 Å². The largest absolute Gasteiger partial charge is 0.326 e. The first kappa shape index (κ1) is 16.5. The Balaban J connectivity index is 1.72. The second-order valence-electron chi connectivity index (χ2n) is 5.91. The molecule has 3 rings (SSSR count). The lowest BCUT2D eigenvalue weighted by Crippen LogP contribution is -2.41. The number of carbonyl (C=O) groups is 2. The van der Waals surface area contributed by atoms with Crippen LogP contribution in [0.1, 0.15) is 24.0 Å². The first-order valence-corrected chi connectivity index (χ1v) is 8.18. The Morgan fingerprint density at radius 2 is 2.08 bits per heavy atom. The predicted molar refractivity (Wildman–Crippen MR) is 92.6 cm³/mol. The van der Waals surface area contributed by atoms with Gasteiger partial charge in [-0.05, 0) is 48.7 Å². The second kappa shape index (κ2) is 7.01. The smallest absolute Gasteiger partial charge is 0.248 e. The number of halogens is 1. The number of pyridine rings is 1. The highest BCUT2D eigenvalue weighted by Gasteiger charge is 2.36. The highest BCUT2D eigenvalue weighted by atomic mass is 35.5. The number of anilines is 1. The van der Waals surface area contributed by atoms with Crippen molar-refractivity contribution in [3.63, 3.8) is 0 Å². The molecule has 0 unspecified atom stereocenters. The number of carbonyl (C=O) groups excluding carboxylic acids is 2. The maximum absolute atomic E-state index is 12.6. The molecule has 0 bridgehead atoms. The first-order chi connectivity index (χ1) is 11.5. The molecule has 1 fully saturated rings. The molecule has 0 radical (unpaired) electrons. The van der Waals surface area contributed by atoms with Gasteiger partial charge in [-0.15, -0.1) is 0 Å². The van der Waals surface area contributed by atoms with Gasteiger partial charge in [0.25, 0.3) is 0 Å². The molecule has 1 aliphatic rings. The number of amides is 2. The monoisotopic (exact) mass is 343 g/mol. The van der Waals surface area contributed by atoms with Crippen molar-refractivity contribution in [1.82, 2.24) is 9.88 Å². The number of hydrogen-bond donors (Lipinski definition) is 1. The Kier molecular flexibility index (Phi) is 4.81. The molecule has 5 nitrogen and oxygen atoms in total. The minimum atomic E-state index is -0.476. The summed E-state index contributed by atoms with van der Waals surface area (Å²) in [5.41, 5.74) is 1.96. The molecule has 2 amide bonds. The Bertz CT molecular complexity index is 761. The van der Waals surface area contributed by atoms with Gasteiger partial charge < -0.3 is 10.2 Å². The van der Waals surface area contributed by atoms with Gasteiger partial charge in [-0.25, -0.2) is 4.98 Å². The third kappa shape index (κ3) is 3.74. The van der Waals surface area contributed by atoms with E-state index < -0.39 is 6.04 Å². The Morgan fingerprint density at radius 3 is 2.79 bits per heavy atom. The third-order valence-corrected chi connectivity index (χ3v) is 4.32. The van der Waals surface area contributed by atoms with Gasteiger partial charge in [-0.1, -0.05) is 23.7 Å². The zero-order valence-corrected chi connectivity index (χ0v) is 14.1. The number of likely N-dealkylation sites (tertiary alicyclic amines) is 1. The van der Waals surface area contributed by atoms with E-state index in [0.717, 1.165) is 11.1 Å². The zero-order chi connectivity index (χ0) is 17.1. The summed E-state index contributed by atoms with van der Waals surface area (Å²) in [7, 11) is 0. The van der Waals surface area contributed by atoms with Crippen LogP contribution in [0.5, 0.6) is 0 Å². The number of benzene rings is 1. The number of aryl methyl sites for hydroxylation is 1. The SMILES string of the molecule is Cc1ccnc(NC(=O)[C@@H]2CCC(=O)N2Cc2ccc(Cl)cc2)c1. The summed E-state index contributed by atoms with van der Waals surface area (Å²) >= 11 is 5.89. The van der Waals surface area contributed by atoms with Crippen LogP contribution in [0.2, 0.25) is 5.02 Å². The van der Waals surface area contributed by atoms with Crippen LogP contribution >= 0.6 is 11.6 Å². The fraction of sp³-hybridized carbons (Fsp3) is 0.278. The molecule has 0 aliphatic carbocycles. The number of hydrogen-bond acceptors (Lipinski definition) is 3. The highest BCUT2D eigenvalue weighted by molar-refractivity contribution is 6.30. The average molecular weight is 344 g/mol. The Labute approximate surface area is 145 Å². The van der Waals surface area contributed by atoms with Gasteiger partial charge in [0.05, 0.1) is 0 Å². The summed E-state index contributed by atoms with van der Waals surface area (Å²) in [5, 5.41) is 3.45. The van der Waals surface area contributed by atoms with Crippen molar-refractivity contribution < 1.29 is 9.59 Å². The maximum Gasteiger partial charge on any atom is 0.248 e. The van der Waals surface area contributed by atoms with Crippen molar-refractivity contribution in [2.75, 3.05) is 5.32 Å². The molecular weight excluding hydrogens is 326 g/mol. The summed E-state index contributed by atoms with van der Waals surface area (Å²) in [4.78, 5) is 30.5. The maximum atomic E-state index is 12.6. The lowest BCUT2D eigenvalue weighted by molar-refractivity contribution is -0.133. The van der Waals surface area contributed by atoms with Crippen LogP contribution in [-0.2, 0) is 16.1 Å². The van der Waals surface area contributed by atoms with Gasteiger partial charge in [0.1, 0.15) is 11.9 Å².